The highest BCUT2D eigenvalue weighted by atomic mass is 35.5. The fourth-order valence-electron chi connectivity index (χ4n) is 4.58. The Kier molecular flexibility index (Phi) is 7.65. The van der Waals surface area contributed by atoms with Crippen molar-refractivity contribution in [2.24, 2.45) is 0 Å². The lowest BCUT2D eigenvalue weighted by Crippen LogP contribution is -2.38. The van der Waals surface area contributed by atoms with E-state index in [0.717, 1.165) is 40.2 Å². The molecule has 0 atom stereocenters. The average Bonchev–Trinajstić information content (AvgIpc) is 3.69. The van der Waals surface area contributed by atoms with Crippen LogP contribution in [0.4, 0.5) is 0 Å². The number of carbonyl (C=O) groups excluding carboxylic acids is 1. The van der Waals surface area contributed by atoms with Crippen molar-refractivity contribution in [3.8, 4) is 34.6 Å². The maximum atomic E-state index is 13.2. The van der Waals surface area contributed by atoms with Gasteiger partial charge in [-0.1, -0.05) is 64.5 Å². The molecule has 0 spiro atoms. The van der Waals surface area contributed by atoms with Gasteiger partial charge in [-0.25, -0.2) is 4.98 Å². The lowest BCUT2D eigenvalue weighted by atomic mass is 9.97. The van der Waals surface area contributed by atoms with Crippen LogP contribution in [0.5, 0.6) is 0 Å². The van der Waals surface area contributed by atoms with E-state index in [1.807, 2.05) is 58.8 Å². The first kappa shape index (κ1) is 26.3. The summed E-state index contributed by atoms with van der Waals surface area (Å²) in [5.74, 6) is 7.07. The third-order valence-electron chi connectivity index (χ3n) is 6.74. The summed E-state index contributed by atoms with van der Waals surface area (Å²) < 4.78 is 5.58. The van der Waals surface area contributed by atoms with Crippen molar-refractivity contribution in [1.29, 1.82) is 0 Å². The topological polar surface area (TPSA) is 72.1 Å². The number of aromatic nitrogens is 3. The number of hydrogen-bond donors (Lipinski definition) is 0. The minimum absolute atomic E-state index is 0.0226. The van der Waals surface area contributed by atoms with E-state index in [1.54, 1.807) is 35.9 Å². The van der Waals surface area contributed by atoms with Crippen LogP contribution in [0.2, 0.25) is 10.0 Å². The Hall–Kier alpha value is -3.96. The quantitative estimate of drug-likeness (QED) is 0.203. The van der Waals surface area contributed by atoms with Crippen LogP contribution >= 0.6 is 34.5 Å². The average molecular weight is 586 g/mol. The highest BCUT2D eigenvalue weighted by Crippen LogP contribution is 2.35. The van der Waals surface area contributed by atoms with E-state index in [-0.39, 0.29) is 11.8 Å². The number of halogens is 2. The highest BCUT2D eigenvalue weighted by molar-refractivity contribution is 7.10. The van der Waals surface area contributed by atoms with Crippen molar-refractivity contribution < 1.29 is 9.32 Å². The van der Waals surface area contributed by atoms with Gasteiger partial charge in [0.1, 0.15) is 11.4 Å². The molecule has 198 valence electrons. The van der Waals surface area contributed by atoms with Crippen LogP contribution in [-0.2, 0) is 0 Å². The molecule has 6 rings (SSSR count). The Morgan fingerprint density at radius 3 is 2.52 bits per heavy atom. The third kappa shape index (κ3) is 5.80. The summed E-state index contributed by atoms with van der Waals surface area (Å²) in [7, 11) is 0. The van der Waals surface area contributed by atoms with Crippen molar-refractivity contribution in [2.75, 3.05) is 13.1 Å². The van der Waals surface area contributed by atoms with E-state index >= 15 is 0 Å². The van der Waals surface area contributed by atoms with Crippen molar-refractivity contribution >= 4 is 40.4 Å². The molecule has 9 heteroatoms. The molecule has 0 bridgehead atoms. The summed E-state index contributed by atoms with van der Waals surface area (Å²) >= 11 is 13.8. The van der Waals surface area contributed by atoms with Gasteiger partial charge in [0.15, 0.2) is 5.76 Å². The lowest BCUT2D eigenvalue weighted by molar-refractivity contribution is 0.0712. The van der Waals surface area contributed by atoms with Crippen LogP contribution in [0.1, 0.15) is 45.3 Å². The van der Waals surface area contributed by atoms with Gasteiger partial charge < -0.3 is 9.42 Å². The number of nitrogens with zero attached hydrogens (tertiary/aromatic N) is 4. The zero-order valence-electron chi connectivity index (χ0n) is 21.2. The number of pyridine rings is 1. The number of hydrogen-bond acceptors (Lipinski definition) is 6. The number of piperidine rings is 1. The SMILES string of the molecule is O=C(c1cncc(C#Cc2ccccc2)c1)N1CCC(c2nc(-c3cc(-c4ccc(Cl)c(Cl)c4)no3)cs2)CC1. The minimum atomic E-state index is -0.0226. The lowest BCUT2D eigenvalue weighted by Gasteiger charge is -2.31. The Balaban J connectivity index is 1.09. The maximum absolute atomic E-state index is 13.2. The van der Waals surface area contributed by atoms with Gasteiger partial charge in [0.05, 0.1) is 20.6 Å². The van der Waals surface area contributed by atoms with Crippen molar-refractivity contribution in [3.63, 3.8) is 0 Å². The van der Waals surface area contributed by atoms with Gasteiger partial charge in [-0.2, -0.15) is 0 Å². The molecule has 0 saturated carbocycles. The van der Waals surface area contributed by atoms with Gasteiger partial charge in [0.2, 0.25) is 0 Å². The summed E-state index contributed by atoms with van der Waals surface area (Å²) in [4.78, 5) is 24.2. The number of likely N-dealkylation sites (tertiary alicyclic amines) is 1. The molecule has 3 aromatic heterocycles. The van der Waals surface area contributed by atoms with Crippen LogP contribution < -0.4 is 0 Å². The number of benzene rings is 2. The molecule has 4 heterocycles. The maximum Gasteiger partial charge on any atom is 0.255 e. The molecule has 40 heavy (non-hydrogen) atoms. The Morgan fingerprint density at radius 1 is 0.925 bits per heavy atom. The predicted molar refractivity (Wildman–Crippen MR) is 158 cm³/mol. The number of carbonyl (C=O) groups is 1. The first-order valence-electron chi connectivity index (χ1n) is 12.7. The van der Waals surface area contributed by atoms with Crippen LogP contribution in [0.3, 0.4) is 0 Å². The highest BCUT2D eigenvalue weighted by Gasteiger charge is 2.27. The van der Waals surface area contributed by atoms with E-state index in [1.165, 1.54) is 0 Å². The smallest absolute Gasteiger partial charge is 0.255 e. The fourth-order valence-corrected chi connectivity index (χ4v) is 5.86. The molecule has 2 aromatic carbocycles. The molecule has 0 radical (unpaired) electrons. The van der Waals surface area contributed by atoms with Crippen molar-refractivity contribution in [1.82, 2.24) is 20.0 Å². The Morgan fingerprint density at radius 2 is 1.73 bits per heavy atom. The molecule has 1 aliphatic rings. The monoisotopic (exact) mass is 584 g/mol. The Bertz CT molecular complexity index is 1730. The molecule has 0 aliphatic carbocycles. The van der Waals surface area contributed by atoms with Crippen LogP contribution in [-0.4, -0.2) is 39.0 Å². The van der Waals surface area contributed by atoms with Crippen molar-refractivity contribution in [2.45, 2.75) is 18.8 Å². The molecule has 0 unspecified atom stereocenters. The normalized spacial score (nSPS) is 13.6. The molecular formula is C31H22Cl2N4O2S. The number of rotatable bonds is 4. The fraction of sp³-hybridized carbons (Fsp3) is 0.161. The summed E-state index contributed by atoms with van der Waals surface area (Å²) in [6.07, 6.45) is 4.97. The first-order chi connectivity index (χ1) is 19.5. The van der Waals surface area contributed by atoms with Crippen molar-refractivity contribution in [3.05, 3.63) is 110 Å². The second-order valence-corrected chi connectivity index (χ2v) is 11.1. The largest absolute Gasteiger partial charge is 0.354 e. The molecule has 1 aliphatic heterocycles. The van der Waals surface area contributed by atoms with Gasteiger partial charge in [-0.3, -0.25) is 9.78 Å². The van der Waals surface area contributed by atoms with Crippen LogP contribution in [0.15, 0.2) is 83.0 Å². The van der Waals surface area contributed by atoms with Gasteiger partial charge in [0, 0.05) is 59.5 Å². The minimum Gasteiger partial charge on any atom is -0.354 e. The van der Waals surface area contributed by atoms with E-state index < -0.39 is 0 Å². The third-order valence-corrected chi connectivity index (χ3v) is 8.49. The van der Waals surface area contributed by atoms with Crippen LogP contribution in [0, 0.1) is 11.8 Å². The summed E-state index contributed by atoms with van der Waals surface area (Å²) in [6.45, 7) is 1.31. The summed E-state index contributed by atoms with van der Waals surface area (Å²) in [5, 5.41) is 8.15. The van der Waals surface area contributed by atoms with Gasteiger partial charge >= 0.3 is 0 Å². The zero-order chi connectivity index (χ0) is 27.5. The molecule has 1 fully saturated rings. The van der Waals surface area contributed by atoms with E-state index in [0.29, 0.717) is 40.2 Å². The number of thiazole rings is 1. The zero-order valence-corrected chi connectivity index (χ0v) is 23.5. The summed E-state index contributed by atoms with van der Waals surface area (Å²) in [5.41, 5.74) is 4.42. The second kappa shape index (κ2) is 11.6. The Labute approximate surface area is 245 Å². The predicted octanol–water partition coefficient (Wildman–Crippen LogP) is 7.59. The standard InChI is InChI=1S/C31H22Cl2N4O2S/c32-25-9-8-23(15-26(25)33)27-16-29(39-36-27)28-19-40-30(35-28)22-10-12-37(13-11-22)31(38)24-14-21(17-34-18-24)7-6-20-4-2-1-3-5-20/h1-5,8-9,14-19,22H,10-13H2. The molecule has 0 N–H and O–H groups in total. The van der Waals surface area contributed by atoms with Crippen LogP contribution in [0.25, 0.3) is 22.7 Å². The molecular weight excluding hydrogens is 563 g/mol. The second-order valence-electron chi connectivity index (χ2n) is 9.42. The van der Waals surface area contributed by atoms with Gasteiger partial charge in [0.25, 0.3) is 5.91 Å². The molecule has 1 amide bonds. The van der Waals surface area contributed by atoms with Gasteiger partial charge in [-0.05, 0) is 43.2 Å². The molecule has 6 nitrogen and oxygen atoms in total. The molecule has 1 saturated heterocycles. The molecule has 5 aromatic rings. The van der Waals surface area contributed by atoms with E-state index in [2.05, 4.69) is 22.0 Å². The van der Waals surface area contributed by atoms with E-state index in [9.17, 15) is 4.79 Å². The summed E-state index contributed by atoms with van der Waals surface area (Å²) in [6, 6.07) is 18.8. The first-order valence-corrected chi connectivity index (χ1v) is 14.4. The van der Waals surface area contributed by atoms with E-state index in [4.69, 9.17) is 32.7 Å². The number of amides is 1. The van der Waals surface area contributed by atoms with Gasteiger partial charge in [-0.15, -0.1) is 11.3 Å².